The van der Waals surface area contributed by atoms with Gasteiger partial charge in [-0.15, -0.1) is 11.8 Å². The van der Waals surface area contributed by atoms with Crippen LogP contribution in [0.5, 0.6) is 0 Å². The Balaban J connectivity index is 2.03. The van der Waals surface area contributed by atoms with E-state index in [0.29, 0.717) is 0 Å². The minimum atomic E-state index is 0.239. The van der Waals surface area contributed by atoms with Crippen LogP contribution in [0.2, 0.25) is 0 Å². The van der Waals surface area contributed by atoms with E-state index in [1.54, 1.807) is 18.0 Å². The number of hydrogen-bond acceptors (Lipinski definition) is 3. The summed E-state index contributed by atoms with van der Waals surface area (Å²) in [7, 11) is 0. The third kappa shape index (κ3) is 2.58. The van der Waals surface area contributed by atoms with E-state index in [2.05, 4.69) is 53.0 Å². The molecule has 0 aliphatic rings. The summed E-state index contributed by atoms with van der Waals surface area (Å²) in [4.78, 5) is 1.28. The van der Waals surface area contributed by atoms with Crippen molar-refractivity contribution in [1.82, 2.24) is 10.2 Å². The predicted molar refractivity (Wildman–Crippen MR) is 68.8 cm³/mol. The normalized spacial score (nSPS) is 12.4. The van der Waals surface area contributed by atoms with Crippen LogP contribution in [0.25, 0.3) is 0 Å². The molecule has 1 atom stereocenters. The number of rotatable bonds is 4. The van der Waals surface area contributed by atoms with Crippen LogP contribution in [0.3, 0.4) is 0 Å². The number of nitrogens with zero attached hydrogens (tertiary/aromatic N) is 1. The average molecular weight is 233 g/mol. The van der Waals surface area contributed by atoms with Crippen LogP contribution in [0.4, 0.5) is 5.69 Å². The smallest absolute Gasteiger partial charge is 0.0651 e. The molecule has 16 heavy (non-hydrogen) atoms. The number of thioether (sulfide) groups is 1. The lowest BCUT2D eigenvalue weighted by molar-refractivity contribution is 0.825. The van der Waals surface area contributed by atoms with Crippen molar-refractivity contribution in [2.24, 2.45) is 0 Å². The Hall–Kier alpha value is -1.42. The van der Waals surface area contributed by atoms with E-state index < -0.39 is 0 Å². The zero-order chi connectivity index (χ0) is 11.4. The van der Waals surface area contributed by atoms with Crippen molar-refractivity contribution in [2.75, 3.05) is 11.6 Å². The molecule has 84 valence electrons. The Morgan fingerprint density at radius 2 is 2.00 bits per heavy atom. The van der Waals surface area contributed by atoms with Gasteiger partial charge in [0.1, 0.15) is 0 Å². The Bertz CT molecular complexity index is 422. The Kier molecular flexibility index (Phi) is 3.51. The van der Waals surface area contributed by atoms with E-state index in [4.69, 9.17) is 0 Å². The van der Waals surface area contributed by atoms with Crippen molar-refractivity contribution in [1.29, 1.82) is 0 Å². The summed E-state index contributed by atoms with van der Waals surface area (Å²) >= 11 is 1.75. The molecule has 0 saturated heterocycles. The number of H-pyrrole nitrogens is 1. The quantitative estimate of drug-likeness (QED) is 0.796. The molecular formula is C12H15N3S. The fourth-order valence-electron chi connectivity index (χ4n) is 1.52. The van der Waals surface area contributed by atoms with Gasteiger partial charge in [-0.25, -0.2) is 0 Å². The summed E-state index contributed by atoms with van der Waals surface area (Å²) < 4.78 is 0. The van der Waals surface area contributed by atoms with Crippen LogP contribution in [-0.2, 0) is 0 Å². The number of nitrogens with one attached hydrogen (secondary N) is 2. The number of benzene rings is 1. The summed E-state index contributed by atoms with van der Waals surface area (Å²) in [6.45, 7) is 2.11. The Labute approximate surface area is 99.7 Å². The first-order valence-electron chi connectivity index (χ1n) is 5.19. The van der Waals surface area contributed by atoms with Gasteiger partial charge >= 0.3 is 0 Å². The highest BCUT2D eigenvalue weighted by Crippen LogP contribution is 2.21. The van der Waals surface area contributed by atoms with E-state index in [-0.39, 0.29) is 6.04 Å². The van der Waals surface area contributed by atoms with Crippen LogP contribution in [0, 0.1) is 0 Å². The Morgan fingerprint density at radius 1 is 1.25 bits per heavy atom. The first-order valence-corrected chi connectivity index (χ1v) is 6.42. The molecule has 1 aromatic heterocycles. The fourth-order valence-corrected chi connectivity index (χ4v) is 1.93. The molecule has 0 aliphatic heterocycles. The Morgan fingerprint density at radius 3 is 2.56 bits per heavy atom. The summed E-state index contributed by atoms with van der Waals surface area (Å²) in [5.41, 5.74) is 2.22. The van der Waals surface area contributed by atoms with Gasteiger partial charge in [0.05, 0.1) is 11.7 Å². The maximum absolute atomic E-state index is 3.94. The average Bonchev–Trinajstić information content (AvgIpc) is 2.83. The molecule has 0 bridgehead atoms. The van der Waals surface area contributed by atoms with Gasteiger partial charge in [0.15, 0.2) is 0 Å². The fraction of sp³-hybridized carbons (Fsp3) is 0.250. The van der Waals surface area contributed by atoms with Gasteiger partial charge in [0.25, 0.3) is 0 Å². The lowest BCUT2D eigenvalue weighted by Gasteiger charge is -2.13. The molecule has 2 N–H and O–H groups in total. The van der Waals surface area contributed by atoms with Crippen molar-refractivity contribution < 1.29 is 0 Å². The molecule has 1 aromatic carbocycles. The van der Waals surface area contributed by atoms with E-state index in [1.165, 1.54) is 4.90 Å². The minimum Gasteiger partial charge on any atom is -0.377 e. The highest BCUT2D eigenvalue weighted by atomic mass is 32.2. The highest BCUT2D eigenvalue weighted by molar-refractivity contribution is 7.98. The first kappa shape index (κ1) is 11.1. The number of hydrogen-bond donors (Lipinski definition) is 2. The van der Waals surface area contributed by atoms with E-state index >= 15 is 0 Å². The van der Waals surface area contributed by atoms with E-state index in [0.717, 1.165) is 11.4 Å². The number of aromatic amines is 1. The van der Waals surface area contributed by atoms with Gasteiger partial charge < -0.3 is 5.32 Å². The molecule has 0 aliphatic carbocycles. The largest absolute Gasteiger partial charge is 0.377 e. The lowest BCUT2D eigenvalue weighted by Crippen LogP contribution is -2.06. The maximum atomic E-state index is 3.94. The van der Waals surface area contributed by atoms with Crippen molar-refractivity contribution in [3.8, 4) is 0 Å². The predicted octanol–water partition coefficient (Wildman–Crippen LogP) is 3.30. The summed E-state index contributed by atoms with van der Waals surface area (Å²) in [5.74, 6) is 0. The molecule has 0 saturated carbocycles. The number of aromatic nitrogens is 2. The van der Waals surface area contributed by atoms with E-state index in [9.17, 15) is 0 Å². The van der Waals surface area contributed by atoms with Crippen LogP contribution < -0.4 is 5.32 Å². The molecule has 1 unspecified atom stereocenters. The number of anilines is 1. The summed E-state index contributed by atoms with van der Waals surface area (Å²) in [6, 6.07) is 10.6. The third-order valence-electron chi connectivity index (χ3n) is 2.46. The molecule has 0 amide bonds. The molecule has 2 aromatic rings. The maximum Gasteiger partial charge on any atom is 0.0651 e. The zero-order valence-corrected chi connectivity index (χ0v) is 10.2. The van der Waals surface area contributed by atoms with Gasteiger partial charge in [-0.3, -0.25) is 5.10 Å². The molecule has 2 rings (SSSR count). The van der Waals surface area contributed by atoms with Crippen LogP contribution in [-0.4, -0.2) is 16.5 Å². The highest BCUT2D eigenvalue weighted by Gasteiger charge is 2.05. The van der Waals surface area contributed by atoms with Crippen molar-refractivity contribution in [3.05, 3.63) is 42.2 Å². The van der Waals surface area contributed by atoms with Gasteiger partial charge in [-0.05, 0) is 43.5 Å². The minimum absolute atomic E-state index is 0.239. The van der Waals surface area contributed by atoms with Crippen LogP contribution in [0.15, 0.2) is 41.4 Å². The van der Waals surface area contributed by atoms with E-state index in [1.807, 2.05) is 6.07 Å². The molecular weight excluding hydrogens is 218 g/mol. The standard InChI is InChI=1S/C12H15N3S/c1-9(12-7-8-13-15-12)14-10-3-5-11(16-2)6-4-10/h3-9,14H,1-2H3,(H,13,15). The molecule has 3 nitrogen and oxygen atoms in total. The van der Waals surface area contributed by atoms with Crippen molar-refractivity contribution in [2.45, 2.75) is 17.9 Å². The van der Waals surface area contributed by atoms with Gasteiger partial charge in [-0.2, -0.15) is 5.10 Å². The van der Waals surface area contributed by atoms with Crippen LogP contribution >= 0.6 is 11.8 Å². The van der Waals surface area contributed by atoms with Crippen LogP contribution in [0.1, 0.15) is 18.7 Å². The molecule has 0 fully saturated rings. The van der Waals surface area contributed by atoms with Gasteiger partial charge in [0.2, 0.25) is 0 Å². The molecule has 1 heterocycles. The van der Waals surface area contributed by atoms with Gasteiger partial charge in [0, 0.05) is 16.8 Å². The first-order chi connectivity index (χ1) is 7.79. The second kappa shape index (κ2) is 5.07. The second-order valence-corrected chi connectivity index (χ2v) is 4.49. The lowest BCUT2D eigenvalue weighted by atomic mass is 10.2. The monoisotopic (exact) mass is 233 g/mol. The SMILES string of the molecule is CSc1ccc(NC(C)c2ccn[nH]2)cc1. The molecule has 0 radical (unpaired) electrons. The van der Waals surface area contributed by atoms with Gasteiger partial charge in [-0.1, -0.05) is 0 Å². The second-order valence-electron chi connectivity index (χ2n) is 3.61. The topological polar surface area (TPSA) is 40.7 Å². The summed E-state index contributed by atoms with van der Waals surface area (Å²) in [5, 5.41) is 10.3. The van der Waals surface area contributed by atoms with Crippen molar-refractivity contribution >= 4 is 17.4 Å². The summed E-state index contributed by atoms with van der Waals surface area (Å²) in [6.07, 6.45) is 3.85. The molecule has 0 spiro atoms. The molecule has 4 heteroatoms. The zero-order valence-electron chi connectivity index (χ0n) is 9.40. The third-order valence-corrected chi connectivity index (χ3v) is 3.21. The van der Waals surface area contributed by atoms with Crippen molar-refractivity contribution in [3.63, 3.8) is 0 Å².